The van der Waals surface area contributed by atoms with Crippen LogP contribution in [0.25, 0.3) is 0 Å². The van der Waals surface area contributed by atoms with Crippen molar-refractivity contribution in [2.75, 3.05) is 0 Å². The van der Waals surface area contributed by atoms with E-state index in [1.54, 1.807) is 24.3 Å². The van der Waals surface area contributed by atoms with Crippen LogP contribution in [0.15, 0.2) is 36.4 Å². The smallest absolute Gasteiger partial charge is 0.399 e. The molecule has 0 atom stereocenters. The molecule has 0 bridgehead atoms. The number of alkyl halides is 5. The molecule has 2 aromatic rings. The third kappa shape index (κ3) is 6.70. The van der Waals surface area contributed by atoms with Crippen molar-refractivity contribution < 1.29 is 40.2 Å². The van der Waals surface area contributed by atoms with Crippen molar-refractivity contribution in [3.8, 4) is 5.75 Å². The minimum atomic E-state index is -5.32. The van der Waals surface area contributed by atoms with E-state index in [-0.39, 0.29) is 0 Å². The van der Waals surface area contributed by atoms with Gasteiger partial charge in [-0.3, -0.25) is 0 Å². The predicted octanol–water partition coefficient (Wildman–Crippen LogP) is 6.17. The molecule has 0 amide bonds. The second-order valence-electron chi connectivity index (χ2n) is 6.11. The Hall–Kier alpha value is -2.29. The van der Waals surface area contributed by atoms with Crippen LogP contribution in [-0.2, 0) is 24.2 Å². The van der Waals surface area contributed by atoms with E-state index in [2.05, 4.69) is 9.47 Å². The molecule has 0 N–H and O–H groups in total. The Bertz CT molecular complexity index is 763. The van der Waals surface area contributed by atoms with Crippen LogP contribution in [0.5, 0.6) is 5.75 Å². The summed E-state index contributed by atoms with van der Waals surface area (Å²) in [6, 6.07) is 7.52. The second-order valence-corrected chi connectivity index (χ2v) is 6.11. The van der Waals surface area contributed by atoms with Gasteiger partial charge in [-0.1, -0.05) is 37.6 Å². The van der Waals surface area contributed by atoms with Crippen molar-refractivity contribution in [3.63, 3.8) is 0 Å². The van der Waals surface area contributed by atoms with Crippen LogP contribution >= 0.6 is 0 Å². The van der Waals surface area contributed by atoms with Crippen LogP contribution in [0, 0.1) is 11.6 Å². The predicted molar refractivity (Wildman–Crippen MR) is 86.9 cm³/mol. The molecule has 0 aromatic heterocycles. The van der Waals surface area contributed by atoms with E-state index in [1.165, 1.54) is 0 Å². The van der Waals surface area contributed by atoms with Gasteiger partial charge < -0.3 is 9.47 Å². The van der Waals surface area contributed by atoms with E-state index < -0.39 is 48.4 Å². The standard InChI is InChI=1S/C19H17F7O2/c1-2-3-12-4-6-13(7-5-12)11-27-18(22,23)10-14-8-15(20)17(16(21)9-14)28-19(24,25)26/h4-9H,2-3,10-11H2,1H3. The molecule has 28 heavy (non-hydrogen) atoms. The lowest BCUT2D eigenvalue weighted by Crippen LogP contribution is -2.24. The average molecular weight is 410 g/mol. The van der Waals surface area contributed by atoms with Crippen molar-refractivity contribution in [1.29, 1.82) is 0 Å². The van der Waals surface area contributed by atoms with Crippen molar-refractivity contribution in [2.24, 2.45) is 0 Å². The number of hydrogen-bond donors (Lipinski definition) is 0. The Kier molecular flexibility index (Phi) is 6.92. The quantitative estimate of drug-likeness (QED) is 0.485. The van der Waals surface area contributed by atoms with Gasteiger partial charge in [0.05, 0.1) is 13.0 Å². The first-order chi connectivity index (χ1) is 13.0. The highest BCUT2D eigenvalue weighted by Gasteiger charge is 2.35. The van der Waals surface area contributed by atoms with Gasteiger partial charge in [0.1, 0.15) is 0 Å². The first kappa shape index (κ1) is 22.0. The fourth-order valence-electron chi connectivity index (χ4n) is 2.50. The minimum absolute atomic E-state index is 0.348. The molecule has 154 valence electrons. The Morgan fingerprint density at radius 1 is 0.821 bits per heavy atom. The lowest BCUT2D eigenvalue weighted by atomic mass is 10.1. The largest absolute Gasteiger partial charge is 0.573 e. The molecule has 0 fully saturated rings. The lowest BCUT2D eigenvalue weighted by Gasteiger charge is -2.18. The van der Waals surface area contributed by atoms with E-state index in [1.807, 2.05) is 6.92 Å². The Morgan fingerprint density at radius 3 is 1.86 bits per heavy atom. The van der Waals surface area contributed by atoms with Crippen LogP contribution in [0.2, 0.25) is 0 Å². The average Bonchev–Trinajstić information content (AvgIpc) is 2.57. The third-order valence-electron chi connectivity index (χ3n) is 3.70. The van der Waals surface area contributed by atoms with Crippen LogP contribution in [0.1, 0.15) is 30.0 Å². The molecule has 0 saturated carbocycles. The molecule has 2 aromatic carbocycles. The van der Waals surface area contributed by atoms with Gasteiger partial charge in [0, 0.05) is 0 Å². The molecule has 0 aliphatic heterocycles. The molecule has 0 saturated heterocycles. The zero-order chi connectivity index (χ0) is 20.9. The Morgan fingerprint density at radius 2 is 1.36 bits per heavy atom. The number of hydrogen-bond acceptors (Lipinski definition) is 2. The normalized spacial score (nSPS) is 12.3. The highest BCUT2D eigenvalue weighted by atomic mass is 19.4. The summed E-state index contributed by atoms with van der Waals surface area (Å²) in [7, 11) is 0. The van der Waals surface area contributed by atoms with E-state index in [0.29, 0.717) is 17.7 Å². The molecule has 0 aliphatic carbocycles. The van der Waals surface area contributed by atoms with Gasteiger partial charge in [0.15, 0.2) is 11.6 Å². The van der Waals surface area contributed by atoms with Crippen LogP contribution < -0.4 is 4.74 Å². The second kappa shape index (κ2) is 8.81. The van der Waals surface area contributed by atoms with Gasteiger partial charge >= 0.3 is 12.5 Å². The molecule has 2 rings (SSSR count). The third-order valence-corrected chi connectivity index (χ3v) is 3.70. The maximum absolute atomic E-state index is 14.0. The number of halogens is 7. The van der Waals surface area contributed by atoms with Gasteiger partial charge in [0.2, 0.25) is 5.75 Å². The van der Waals surface area contributed by atoms with Gasteiger partial charge in [-0.2, -0.15) is 8.78 Å². The summed E-state index contributed by atoms with van der Waals surface area (Å²) in [5.41, 5.74) is 0.948. The topological polar surface area (TPSA) is 18.5 Å². The fourth-order valence-corrected chi connectivity index (χ4v) is 2.50. The number of rotatable bonds is 8. The number of aryl methyl sites for hydroxylation is 1. The molecule has 0 aliphatic rings. The van der Waals surface area contributed by atoms with Crippen LogP contribution in [-0.4, -0.2) is 12.5 Å². The zero-order valence-corrected chi connectivity index (χ0v) is 14.8. The number of benzene rings is 2. The van der Waals surface area contributed by atoms with Gasteiger partial charge in [0.25, 0.3) is 0 Å². The zero-order valence-electron chi connectivity index (χ0n) is 14.8. The summed E-state index contributed by atoms with van der Waals surface area (Å²) in [5, 5.41) is 0. The number of ether oxygens (including phenoxy) is 2. The van der Waals surface area contributed by atoms with Crippen molar-refractivity contribution in [1.82, 2.24) is 0 Å². The van der Waals surface area contributed by atoms with Crippen LogP contribution in [0.3, 0.4) is 0 Å². The summed E-state index contributed by atoms with van der Waals surface area (Å²) >= 11 is 0. The molecular formula is C19H17F7O2. The van der Waals surface area contributed by atoms with Gasteiger partial charge in [-0.05, 0) is 35.2 Å². The molecule has 0 unspecified atom stereocenters. The first-order valence-electron chi connectivity index (χ1n) is 8.32. The highest BCUT2D eigenvalue weighted by Crippen LogP contribution is 2.31. The van der Waals surface area contributed by atoms with E-state index in [4.69, 9.17) is 0 Å². The SMILES string of the molecule is CCCc1ccc(COC(F)(F)Cc2cc(F)c(OC(F)(F)F)c(F)c2)cc1. The molecule has 9 heteroatoms. The molecule has 0 radical (unpaired) electrons. The highest BCUT2D eigenvalue weighted by molar-refractivity contribution is 5.32. The maximum atomic E-state index is 14.0. The van der Waals surface area contributed by atoms with Crippen molar-refractivity contribution >= 4 is 0 Å². The lowest BCUT2D eigenvalue weighted by molar-refractivity contribution is -0.276. The molecule has 0 heterocycles. The molecule has 0 spiro atoms. The van der Waals surface area contributed by atoms with Gasteiger partial charge in [-0.25, -0.2) is 8.78 Å². The summed E-state index contributed by atoms with van der Waals surface area (Å²) in [5.74, 6) is -5.18. The summed E-state index contributed by atoms with van der Waals surface area (Å²) < 4.78 is 99.2. The maximum Gasteiger partial charge on any atom is 0.573 e. The molecular weight excluding hydrogens is 393 g/mol. The van der Waals surface area contributed by atoms with Crippen LogP contribution in [0.4, 0.5) is 30.7 Å². The first-order valence-corrected chi connectivity index (χ1v) is 8.32. The fraction of sp³-hybridized carbons (Fsp3) is 0.368. The summed E-state index contributed by atoms with van der Waals surface area (Å²) in [4.78, 5) is 0. The summed E-state index contributed by atoms with van der Waals surface area (Å²) in [6.45, 7) is 1.56. The summed E-state index contributed by atoms with van der Waals surface area (Å²) in [6.07, 6.45) is -8.53. The minimum Gasteiger partial charge on any atom is -0.399 e. The van der Waals surface area contributed by atoms with Crippen molar-refractivity contribution in [2.45, 2.75) is 45.3 Å². The monoisotopic (exact) mass is 410 g/mol. The van der Waals surface area contributed by atoms with E-state index in [9.17, 15) is 30.7 Å². The van der Waals surface area contributed by atoms with E-state index in [0.717, 1.165) is 18.4 Å². The Balaban J connectivity index is 2.02. The Labute approximate surface area is 156 Å². The van der Waals surface area contributed by atoms with Gasteiger partial charge in [-0.15, -0.1) is 13.2 Å². The van der Waals surface area contributed by atoms with Crippen molar-refractivity contribution in [3.05, 3.63) is 64.7 Å². The molecule has 2 nitrogen and oxygen atoms in total. The van der Waals surface area contributed by atoms with E-state index >= 15 is 0 Å².